The molecule has 0 spiro atoms. The topological polar surface area (TPSA) is 12.0 Å². The van der Waals surface area contributed by atoms with Crippen molar-refractivity contribution >= 4 is 11.6 Å². The normalized spacial score (nSPS) is 22.2. The zero-order chi connectivity index (χ0) is 14.8. The number of hydrogen-bond donors (Lipinski definition) is 1. The van der Waals surface area contributed by atoms with Gasteiger partial charge in [-0.15, -0.1) is 0 Å². The van der Waals surface area contributed by atoms with E-state index < -0.39 is 0 Å². The Labute approximate surface area is 132 Å². The summed E-state index contributed by atoms with van der Waals surface area (Å²) in [5.41, 5.74) is 5.58. The highest BCUT2D eigenvalue weighted by atomic mass is 35.5. The monoisotopic (exact) mass is 299 g/mol. The van der Waals surface area contributed by atoms with Crippen LogP contribution >= 0.6 is 11.6 Å². The minimum atomic E-state index is 0.525. The van der Waals surface area contributed by atoms with Crippen LogP contribution in [-0.4, -0.2) is 13.1 Å². The molecule has 0 saturated carbocycles. The summed E-state index contributed by atoms with van der Waals surface area (Å²) in [6.45, 7) is 6.52. The van der Waals surface area contributed by atoms with Crippen LogP contribution in [0.4, 0.5) is 0 Å². The van der Waals surface area contributed by atoms with Gasteiger partial charge in [-0.05, 0) is 56.0 Å². The van der Waals surface area contributed by atoms with Crippen LogP contribution in [0, 0.1) is 13.8 Å². The maximum absolute atomic E-state index is 6.03. The van der Waals surface area contributed by atoms with Gasteiger partial charge in [-0.1, -0.05) is 53.1 Å². The van der Waals surface area contributed by atoms with Crippen molar-refractivity contribution in [3.63, 3.8) is 0 Å². The average molecular weight is 300 g/mol. The second kappa shape index (κ2) is 6.21. The molecule has 1 aliphatic rings. The van der Waals surface area contributed by atoms with Gasteiger partial charge in [-0.25, -0.2) is 0 Å². The van der Waals surface area contributed by atoms with E-state index in [0.717, 1.165) is 18.1 Å². The minimum absolute atomic E-state index is 0.525. The molecule has 0 aliphatic carbocycles. The van der Waals surface area contributed by atoms with Crippen molar-refractivity contribution in [3.8, 4) is 0 Å². The Morgan fingerprint density at radius 1 is 0.905 bits per heavy atom. The van der Waals surface area contributed by atoms with E-state index in [1.54, 1.807) is 0 Å². The van der Waals surface area contributed by atoms with Crippen LogP contribution in [-0.2, 0) is 0 Å². The largest absolute Gasteiger partial charge is 0.316 e. The van der Waals surface area contributed by atoms with Crippen molar-refractivity contribution in [1.29, 1.82) is 0 Å². The molecule has 0 bridgehead atoms. The molecule has 1 heterocycles. The minimum Gasteiger partial charge on any atom is -0.316 e. The molecule has 1 fully saturated rings. The van der Waals surface area contributed by atoms with E-state index in [1.807, 2.05) is 12.1 Å². The van der Waals surface area contributed by atoms with E-state index in [4.69, 9.17) is 11.6 Å². The average Bonchev–Trinajstić information content (AvgIpc) is 2.47. The van der Waals surface area contributed by atoms with Gasteiger partial charge in [0.25, 0.3) is 0 Å². The zero-order valence-electron chi connectivity index (χ0n) is 12.7. The van der Waals surface area contributed by atoms with Gasteiger partial charge in [0, 0.05) is 17.5 Å². The maximum Gasteiger partial charge on any atom is 0.0406 e. The number of hydrogen-bond acceptors (Lipinski definition) is 1. The Bertz CT molecular complexity index is 598. The highest BCUT2D eigenvalue weighted by Crippen LogP contribution is 2.38. The first-order valence-corrected chi connectivity index (χ1v) is 8.05. The Balaban J connectivity index is 1.95. The molecule has 1 N–H and O–H groups in total. The van der Waals surface area contributed by atoms with Crippen LogP contribution < -0.4 is 5.32 Å². The highest BCUT2D eigenvalue weighted by molar-refractivity contribution is 6.30. The van der Waals surface area contributed by atoms with E-state index in [0.29, 0.717) is 11.8 Å². The lowest BCUT2D eigenvalue weighted by atomic mass is 9.77. The summed E-state index contributed by atoms with van der Waals surface area (Å²) in [6.07, 6.45) is 1.19. The zero-order valence-corrected chi connectivity index (χ0v) is 13.5. The van der Waals surface area contributed by atoms with Gasteiger partial charge in [-0.2, -0.15) is 0 Å². The second-order valence-corrected chi connectivity index (χ2v) is 6.61. The summed E-state index contributed by atoms with van der Waals surface area (Å²) in [4.78, 5) is 0. The van der Waals surface area contributed by atoms with Crippen LogP contribution in [0.3, 0.4) is 0 Å². The van der Waals surface area contributed by atoms with Crippen molar-refractivity contribution in [2.75, 3.05) is 13.1 Å². The molecule has 2 unspecified atom stereocenters. The summed E-state index contributed by atoms with van der Waals surface area (Å²) >= 11 is 6.03. The van der Waals surface area contributed by atoms with Gasteiger partial charge in [0.1, 0.15) is 0 Å². The summed E-state index contributed by atoms with van der Waals surface area (Å²) in [7, 11) is 0. The number of nitrogens with one attached hydrogen (secondary N) is 1. The first-order chi connectivity index (χ1) is 10.1. The predicted octanol–water partition coefficient (Wildman–Crippen LogP) is 4.82. The van der Waals surface area contributed by atoms with Crippen LogP contribution in [0.5, 0.6) is 0 Å². The molecule has 1 saturated heterocycles. The van der Waals surface area contributed by atoms with Crippen molar-refractivity contribution < 1.29 is 0 Å². The van der Waals surface area contributed by atoms with E-state index in [-0.39, 0.29) is 0 Å². The van der Waals surface area contributed by atoms with Crippen LogP contribution in [0.1, 0.15) is 40.5 Å². The summed E-state index contributed by atoms with van der Waals surface area (Å²) in [5, 5.41) is 4.35. The smallest absolute Gasteiger partial charge is 0.0406 e. The molecule has 3 rings (SSSR count). The van der Waals surface area contributed by atoms with Crippen LogP contribution in [0.2, 0.25) is 5.02 Å². The fourth-order valence-corrected chi connectivity index (χ4v) is 3.67. The predicted molar refractivity (Wildman–Crippen MR) is 90.3 cm³/mol. The molecule has 0 amide bonds. The molecule has 1 nitrogen and oxygen atoms in total. The Kier molecular flexibility index (Phi) is 4.32. The third kappa shape index (κ3) is 3.30. The van der Waals surface area contributed by atoms with Crippen molar-refractivity contribution in [3.05, 3.63) is 69.7 Å². The summed E-state index contributed by atoms with van der Waals surface area (Å²) < 4.78 is 0. The number of piperidine rings is 1. The molecule has 2 aromatic carbocycles. The van der Waals surface area contributed by atoms with Gasteiger partial charge < -0.3 is 5.32 Å². The fraction of sp³-hybridized carbons (Fsp3) is 0.368. The standard InChI is InChI=1S/C19H22ClN/c1-13-9-14(2)11-16(10-13)18-7-8-21-12-19(18)15-3-5-17(20)6-4-15/h3-6,9-11,18-19,21H,7-8,12H2,1-2H3. The molecule has 0 radical (unpaired) electrons. The Morgan fingerprint density at radius 3 is 2.24 bits per heavy atom. The molecular weight excluding hydrogens is 278 g/mol. The van der Waals surface area contributed by atoms with Crippen LogP contribution in [0.25, 0.3) is 0 Å². The first kappa shape index (κ1) is 14.6. The molecule has 0 aromatic heterocycles. The lowest BCUT2D eigenvalue weighted by Gasteiger charge is -2.33. The molecule has 2 aromatic rings. The Hall–Kier alpha value is -1.31. The van der Waals surface area contributed by atoms with Crippen molar-refractivity contribution in [2.24, 2.45) is 0 Å². The van der Waals surface area contributed by atoms with Gasteiger partial charge in [-0.3, -0.25) is 0 Å². The molecular formula is C19H22ClN. The third-order valence-corrected chi connectivity index (χ3v) is 4.70. The maximum atomic E-state index is 6.03. The quantitative estimate of drug-likeness (QED) is 0.838. The van der Waals surface area contributed by atoms with E-state index in [9.17, 15) is 0 Å². The molecule has 2 atom stereocenters. The number of rotatable bonds is 2. The molecule has 1 aliphatic heterocycles. The van der Waals surface area contributed by atoms with Gasteiger partial charge >= 0.3 is 0 Å². The SMILES string of the molecule is Cc1cc(C)cc(C2CCNCC2c2ccc(Cl)cc2)c1. The van der Waals surface area contributed by atoms with Gasteiger partial charge in [0.15, 0.2) is 0 Å². The van der Waals surface area contributed by atoms with Gasteiger partial charge in [0.2, 0.25) is 0 Å². The van der Waals surface area contributed by atoms with E-state index >= 15 is 0 Å². The van der Waals surface area contributed by atoms with Gasteiger partial charge in [0.05, 0.1) is 0 Å². The lowest BCUT2D eigenvalue weighted by molar-refractivity contribution is 0.404. The number of benzene rings is 2. The Morgan fingerprint density at radius 2 is 1.57 bits per heavy atom. The van der Waals surface area contributed by atoms with E-state index in [1.165, 1.54) is 28.7 Å². The fourth-order valence-electron chi connectivity index (χ4n) is 3.54. The summed E-state index contributed by atoms with van der Waals surface area (Å²) in [6, 6.07) is 15.3. The molecule has 2 heteroatoms. The van der Waals surface area contributed by atoms with Crippen molar-refractivity contribution in [2.45, 2.75) is 32.1 Å². The summed E-state index contributed by atoms with van der Waals surface area (Å²) in [5.74, 6) is 1.11. The second-order valence-electron chi connectivity index (χ2n) is 6.18. The van der Waals surface area contributed by atoms with Crippen LogP contribution in [0.15, 0.2) is 42.5 Å². The third-order valence-electron chi connectivity index (χ3n) is 4.45. The number of halogens is 1. The molecule has 110 valence electrons. The first-order valence-electron chi connectivity index (χ1n) is 7.68. The highest BCUT2D eigenvalue weighted by Gasteiger charge is 2.27. The van der Waals surface area contributed by atoms with Crippen molar-refractivity contribution in [1.82, 2.24) is 5.32 Å². The lowest BCUT2D eigenvalue weighted by Crippen LogP contribution is -2.34. The number of aryl methyl sites for hydroxylation is 2. The molecule has 21 heavy (non-hydrogen) atoms. The van der Waals surface area contributed by atoms with E-state index in [2.05, 4.69) is 49.5 Å².